The van der Waals surface area contributed by atoms with Gasteiger partial charge in [-0.3, -0.25) is 5.41 Å². The van der Waals surface area contributed by atoms with Crippen molar-refractivity contribution in [2.45, 2.75) is 0 Å². The van der Waals surface area contributed by atoms with E-state index in [9.17, 15) is 5.41 Å². The lowest BCUT2D eigenvalue weighted by atomic mass is 10.00. The zero-order valence-electron chi connectivity index (χ0n) is 24.8. The van der Waals surface area contributed by atoms with Crippen molar-refractivity contribution < 1.29 is 4.57 Å². The third kappa shape index (κ3) is 4.69. The molecule has 0 aliphatic rings. The number of nitrogens with one attached hydrogen (secondary N) is 1. The van der Waals surface area contributed by atoms with Gasteiger partial charge in [-0.25, -0.2) is 0 Å². The zero-order valence-corrected chi connectivity index (χ0v) is 27.3. The van der Waals surface area contributed by atoms with Gasteiger partial charge in [0.25, 0.3) is 0 Å². The topological polar surface area (TPSA) is 40.9 Å². The van der Waals surface area contributed by atoms with E-state index >= 15 is 4.57 Å². The van der Waals surface area contributed by atoms with E-state index in [1.165, 1.54) is 30.4 Å². The molecule has 0 aliphatic carbocycles. The molecular weight excluding hydrogens is 618 g/mol. The minimum atomic E-state index is -3.38. The molecule has 8 rings (SSSR count). The number of benzene rings is 6. The Kier molecular flexibility index (Phi) is 7.15. The van der Waals surface area contributed by atoms with Gasteiger partial charge in [0.2, 0.25) is 0 Å². The van der Waals surface area contributed by atoms with Crippen LogP contribution in [0.2, 0.25) is 0 Å². The van der Waals surface area contributed by atoms with E-state index in [-0.39, 0.29) is 5.71 Å². The van der Waals surface area contributed by atoms with Gasteiger partial charge in [0.1, 0.15) is 0 Å². The van der Waals surface area contributed by atoms with Gasteiger partial charge in [0.15, 0.2) is 7.14 Å². The predicted octanol–water partition coefficient (Wildman–Crippen LogP) is 11.5. The van der Waals surface area contributed by atoms with Crippen molar-refractivity contribution in [3.63, 3.8) is 0 Å². The van der Waals surface area contributed by atoms with Crippen molar-refractivity contribution in [3.05, 3.63) is 169 Å². The molecule has 5 heteroatoms. The highest BCUT2D eigenvalue weighted by Crippen LogP contribution is 2.53. The maximum atomic E-state index is 15.3. The Bertz CT molecular complexity index is 2500. The summed E-state index contributed by atoms with van der Waals surface area (Å²) < 4.78 is 20.2. The van der Waals surface area contributed by atoms with Crippen LogP contribution in [0.4, 0.5) is 0 Å². The number of hydrogen-bond donors (Lipinski definition) is 1. The number of fused-ring (bicyclic) bond motifs is 6. The molecule has 2 aromatic heterocycles. The van der Waals surface area contributed by atoms with Crippen LogP contribution in [0.3, 0.4) is 0 Å². The Morgan fingerprint density at radius 2 is 1.04 bits per heavy atom. The normalized spacial score (nSPS) is 12.3. The van der Waals surface area contributed by atoms with Crippen molar-refractivity contribution in [2.24, 2.45) is 0 Å². The zero-order chi connectivity index (χ0) is 31.3. The standard InChI is InChI=1S/C41H28NOPS2/c1-2-11-36(44(43,30-12-5-3-6-13-30)31-14-7-4-8-15-31)41(42)29-20-23-40-35(26-29)34-25-28(19-22-39(34)46-40)27-18-21-38-33(24-27)32-16-9-10-17-37(32)45-38/h2-26,42H,1H2/b36-11+,42-41?. The molecular formula is C41H28NOPS2. The van der Waals surface area contributed by atoms with Gasteiger partial charge in [-0.15, -0.1) is 22.7 Å². The first kappa shape index (κ1) is 28.6. The van der Waals surface area contributed by atoms with Crippen LogP contribution >= 0.6 is 29.8 Å². The first-order valence-corrected chi connectivity index (χ1v) is 18.4. The molecule has 0 bridgehead atoms. The quantitative estimate of drug-likeness (QED) is 0.105. The summed E-state index contributed by atoms with van der Waals surface area (Å²) >= 11 is 3.59. The second-order valence-electron chi connectivity index (χ2n) is 11.3. The van der Waals surface area contributed by atoms with Crippen LogP contribution in [0.25, 0.3) is 51.5 Å². The molecule has 46 heavy (non-hydrogen) atoms. The molecule has 0 fully saturated rings. The summed E-state index contributed by atoms with van der Waals surface area (Å²) in [5.74, 6) is 0. The molecule has 0 spiro atoms. The lowest BCUT2D eigenvalue weighted by Gasteiger charge is -2.23. The summed E-state index contributed by atoms with van der Waals surface area (Å²) in [6.45, 7) is 3.94. The fourth-order valence-corrected chi connectivity index (χ4v) is 11.3. The SMILES string of the molecule is C=C/C=C(\C(=N)c1ccc2sc3ccc(-c4ccc5sc6ccccc6c5c4)cc3c2c1)P(=O)(c1ccccc1)c1ccccc1. The molecule has 8 aromatic rings. The van der Waals surface area contributed by atoms with Gasteiger partial charge in [-0.1, -0.05) is 110 Å². The van der Waals surface area contributed by atoms with Gasteiger partial charge in [0, 0.05) is 61.8 Å². The molecule has 2 nitrogen and oxygen atoms in total. The predicted molar refractivity (Wildman–Crippen MR) is 203 cm³/mol. The monoisotopic (exact) mass is 645 g/mol. The molecule has 6 aromatic carbocycles. The Labute approximate surface area is 275 Å². The van der Waals surface area contributed by atoms with E-state index in [2.05, 4.69) is 79.4 Å². The molecule has 0 atom stereocenters. The van der Waals surface area contributed by atoms with Gasteiger partial charge >= 0.3 is 0 Å². The van der Waals surface area contributed by atoms with Crippen LogP contribution in [-0.4, -0.2) is 5.71 Å². The Balaban J connectivity index is 1.25. The van der Waals surface area contributed by atoms with Crippen LogP contribution in [0.15, 0.2) is 164 Å². The minimum absolute atomic E-state index is 0.239. The van der Waals surface area contributed by atoms with Crippen molar-refractivity contribution in [1.82, 2.24) is 0 Å². The fourth-order valence-electron chi connectivity index (χ4n) is 6.33. The average molecular weight is 646 g/mol. The first-order chi connectivity index (χ1) is 22.5. The summed E-state index contributed by atoms with van der Waals surface area (Å²) in [7, 11) is -3.38. The summed E-state index contributed by atoms with van der Waals surface area (Å²) in [5, 5.41) is 16.2. The van der Waals surface area contributed by atoms with Crippen molar-refractivity contribution in [2.75, 3.05) is 0 Å². The largest absolute Gasteiger partial charge is 0.309 e. The van der Waals surface area contributed by atoms with E-state index < -0.39 is 7.14 Å². The van der Waals surface area contributed by atoms with Crippen molar-refractivity contribution in [1.29, 1.82) is 5.41 Å². The third-order valence-corrected chi connectivity index (χ3v) is 14.0. The van der Waals surface area contributed by atoms with Gasteiger partial charge in [-0.05, 0) is 59.7 Å². The van der Waals surface area contributed by atoms with E-state index in [0.717, 1.165) is 26.6 Å². The number of allylic oxidation sites excluding steroid dienone is 3. The van der Waals surface area contributed by atoms with Crippen LogP contribution < -0.4 is 10.6 Å². The van der Waals surface area contributed by atoms with Crippen LogP contribution in [0, 0.1) is 5.41 Å². The van der Waals surface area contributed by atoms with Gasteiger partial charge < -0.3 is 4.57 Å². The third-order valence-electron chi connectivity index (χ3n) is 8.58. The maximum Gasteiger partial charge on any atom is 0.173 e. The number of thiophene rings is 2. The van der Waals surface area contributed by atoms with Gasteiger partial charge in [-0.2, -0.15) is 0 Å². The lowest BCUT2D eigenvalue weighted by molar-refractivity contribution is 0.591. The molecule has 0 saturated heterocycles. The smallest absolute Gasteiger partial charge is 0.173 e. The molecule has 0 saturated carbocycles. The Morgan fingerprint density at radius 1 is 0.565 bits per heavy atom. The van der Waals surface area contributed by atoms with E-state index in [1.807, 2.05) is 78.1 Å². The van der Waals surface area contributed by atoms with Crippen LogP contribution in [0.1, 0.15) is 5.56 Å². The summed E-state index contributed by atoms with van der Waals surface area (Å²) in [4.78, 5) is 0. The van der Waals surface area contributed by atoms with Crippen molar-refractivity contribution >= 4 is 86.5 Å². The highest BCUT2D eigenvalue weighted by atomic mass is 32.1. The summed E-state index contributed by atoms with van der Waals surface area (Å²) in [6.07, 6.45) is 3.39. The van der Waals surface area contributed by atoms with Crippen molar-refractivity contribution in [3.8, 4) is 11.1 Å². The molecule has 0 radical (unpaired) electrons. The van der Waals surface area contributed by atoms with Crippen LogP contribution in [-0.2, 0) is 4.57 Å². The fraction of sp³-hybridized carbons (Fsp3) is 0. The van der Waals surface area contributed by atoms with E-state index in [1.54, 1.807) is 23.5 Å². The highest BCUT2D eigenvalue weighted by molar-refractivity contribution is 7.83. The van der Waals surface area contributed by atoms with Crippen LogP contribution in [0.5, 0.6) is 0 Å². The summed E-state index contributed by atoms with van der Waals surface area (Å²) in [6, 6.07) is 47.2. The molecule has 220 valence electrons. The average Bonchev–Trinajstić information content (AvgIpc) is 3.68. The molecule has 0 amide bonds. The molecule has 1 N–H and O–H groups in total. The minimum Gasteiger partial charge on any atom is -0.309 e. The lowest BCUT2D eigenvalue weighted by Crippen LogP contribution is -2.21. The Hall–Kier alpha value is -4.86. The second-order valence-corrected chi connectivity index (χ2v) is 16.2. The number of rotatable bonds is 7. The first-order valence-electron chi connectivity index (χ1n) is 15.1. The highest BCUT2D eigenvalue weighted by Gasteiger charge is 2.34. The molecule has 0 aliphatic heterocycles. The maximum absolute atomic E-state index is 15.3. The second kappa shape index (κ2) is 11.5. The Morgan fingerprint density at radius 3 is 1.63 bits per heavy atom. The number of hydrogen-bond acceptors (Lipinski definition) is 4. The molecule has 2 heterocycles. The van der Waals surface area contributed by atoms with Gasteiger partial charge in [0.05, 0.1) is 5.71 Å². The molecule has 0 unspecified atom stereocenters. The summed E-state index contributed by atoms with van der Waals surface area (Å²) in [5.41, 5.74) is 3.31. The van der Waals surface area contributed by atoms with E-state index in [4.69, 9.17) is 0 Å². The van der Waals surface area contributed by atoms with E-state index in [0.29, 0.717) is 15.9 Å².